The van der Waals surface area contributed by atoms with Crippen molar-refractivity contribution in [2.24, 2.45) is 11.7 Å². The molecule has 1 atom stereocenters. The van der Waals surface area contributed by atoms with E-state index in [1.54, 1.807) is 21.0 Å². The fourth-order valence-corrected chi connectivity index (χ4v) is 2.04. The van der Waals surface area contributed by atoms with Crippen molar-refractivity contribution in [3.63, 3.8) is 0 Å². The number of nitrogens with two attached hydrogens (primary N) is 1. The van der Waals surface area contributed by atoms with Crippen LogP contribution in [0.5, 0.6) is 5.75 Å². The van der Waals surface area contributed by atoms with Crippen LogP contribution in [0.4, 0.5) is 0 Å². The number of hydrogen-bond donors (Lipinski definition) is 2. The molecule has 1 aromatic carbocycles. The SMILES string of the molecule is COc1ccc(C(NC(=O)C(C)(C)N)C2CC2)cc1. The Kier molecular flexibility index (Phi) is 3.80. The fraction of sp³-hybridized carbons (Fsp3) is 0.533. The summed E-state index contributed by atoms with van der Waals surface area (Å²) in [6, 6.07) is 7.91. The van der Waals surface area contributed by atoms with Crippen LogP contribution in [-0.2, 0) is 4.79 Å². The highest BCUT2D eigenvalue weighted by atomic mass is 16.5. The zero-order valence-corrected chi connectivity index (χ0v) is 11.8. The van der Waals surface area contributed by atoms with Gasteiger partial charge in [0.05, 0.1) is 18.7 Å². The standard InChI is InChI=1S/C15H22N2O2/c1-15(2,16)14(18)17-13(10-4-5-10)11-6-8-12(19-3)9-7-11/h6-10,13H,4-5,16H2,1-3H3,(H,17,18). The van der Waals surface area contributed by atoms with Gasteiger partial charge in [0.25, 0.3) is 0 Å². The van der Waals surface area contributed by atoms with Crippen molar-refractivity contribution in [3.8, 4) is 5.75 Å². The summed E-state index contributed by atoms with van der Waals surface area (Å²) in [4.78, 5) is 12.0. The molecule has 1 aliphatic carbocycles. The topological polar surface area (TPSA) is 64.3 Å². The molecule has 104 valence electrons. The summed E-state index contributed by atoms with van der Waals surface area (Å²) in [5, 5.41) is 3.07. The zero-order valence-electron chi connectivity index (χ0n) is 11.8. The number of nitrogens with one attached hydrogen (secondary N) is 1. The molecule has 0 aliphatic heterocycles. The summed E-state index contributed by atoms with van der Waals surface area (Å²) < 4.78 is 5.15. The lowest BCUT2D eigenvalue weighted by Gasteiger charge is -2.24. The molecular formula is C15H22N2O2. The minimum Gasteiger partial charge on any atom is -0.497 e. The number of carbonyl (C=O) groups is 1. The Hall–Kier alpha value is -1.55. The zero-order chi connectivity index (χ0) is 14.0. The minimum absolute atomic E-state index is 0.0567. The van der Waals surface area contributed by atoms with Gasteiger partial charge < -0.3 is 15.8 Å². The fourth-order valence-electron chi connectivity index (χ4n) is 2.04. The van der Waals surface area contributed by atoms with E-state index in [1.165, 1.54) is 0 Å². The van der Waals surface area contributed by atoms with Crippen LogP contribution in [-0.4, -0.2) is 18.6 Å². The smallest absolute Gasteiger partial charge is 0.239 e. The van der Waals surface area contributed by atoms with E-state index in [2.05, 4.69) is 5.32 Å². The molecule has 0 saturated heterocycles. The van der Waals surface area contributed by atoms with E-state index in [0.717, 1.165) is 24.2 Å². The molecule has 4 nitrogen and oxygen atoms in total. The lowest BCUT2D eigenvalue weighted by atomic mass is 9.99. The Bertz CT molecular complexity index is 444. The predicted molar refractivity (Wildman–Crippen MR) is 74.9 cm³/mol. The van der Waals surface area contributed by atoms with E-state index >= 15 is 0 Å². The highest BCUT2D eigenvalue weighted by molar-refractivity contribution is 5.85. The first kappa shape index (κ1) is 13.9. The monoisotopic (exact) mass is 262 g/mol. The second-order valence-corrected chi connectivity index (χ2v) is 5.78. The van der Waals surface area contributed by atoms with Crippen LogP contribution in [0.3, 0.4) is 0 Å². The molecule has 3 N–H and O–H groups in total. The molecule has 1 unspecified atom stereocenters. The van der Waals surface area contributed by atoms with Crippen molar-refractivity contribution < 1.29 is 9.53 Å². The van der Waals surface area contributed by atoms with Crippen LogP contribution < -0.4 is 15.8 Å². The highest BCUT2D eigenvalue weighted by Gasteiger charge is 2.35. The summed E-state index contributed by atoms with van der Waals surface area (Å²) >= 11 is 0. The van der Waals surface area contributed by atoms with Crippen LogP contribution in [0, 0.1) is 5.92 Å². The van der Waals surface area contributed by atoms with Gasteiger partial charge >= 0.3 is 0 Å². The van der Waals surface area contributed by atoms with Gasteiger partial charge in [-0.2, -0.15) is 0 Å². The predicted octanol–water partition coefficient (Wildman–Crippen LogP) is 2.00. The summed E-state index contributed by atoms with van der Waals surface area (Å²) in [7, 11) is 1.64. The van der Waals surface area contributed by atoms with Crippen LogP contribution in [0.2, 0.25) is 0 Å². The van der Waals surface area contributed by atoms with Crippen molar-refractivity contribution >= 4 is 5.91 Å². The highest BCUT2D eigenvalue weighted by Crippen LogP contribution is 2.41. The molecule has 1 aliphatic rings. The van der Waals surface area contributed by atoms with Gasteiger partial charge in [0.15, 0.2) is 0 Å². The molecule has 1 aromatic rings. The number of rotatable bonds is 5. The van der Waals surface area contributed by atoms with Crippen LogP contribution >= 0.6 is 0 Å². The Balaban J connectivity index is 2.13. The molecule has 2 rings (SSSR count). The van der Waals surface area contributed by atoms with Gasteiger partial charge in [-0.25, -0.2) is 0 Å². The third-order valence-corrected chi connectivity index (χ3v) is 3.44. The van der Waals surface area contributed by atoms with Gasteiger partial charge in [-0.3, -0.25) is 4.79 Å². The largest absolute Gasteiger partial charge is 0.497 e. The Morgan fingerprint density at radius 3 is 2.37 bits per heavy atom. The van der Waals surface area contributed by atoms with E-state index < -0.39 is 5.54 Å². The van der Waals surface area contributed by atoms with Gasteiger partial charge in [0.2, 0.25) is 5.91 Å². The maximum atomic E-state index is 12.0. The van der Waals surface area contributed by atoms with E-state index in [-0.39, 0.29) is 11.9 Å². The number of hydrogen-bond acceptors (Lipinski definition) is 3. The summed E-state index contributed by atoms with van der Waals surface area (Å²) in [5.74, 6) is 1.24. The quantitative estimate of drug-likeness (QED) is 0.853. The van der Waals surface area contributed by atoms with Gasteiger partial charge in [-0.1, -0.05) is 12.1 Å². The van der Waals surface area contributed by atoms with Crippen molar-refractivity contribution in [1.82, 2.24) is 5.32 Å². The molecular weight excluding hydrogens is 240 g/mol. The van der Waals surface area contributed by atoms with E-state index in [0.29, 0.717) is 5.92 Å². The maximum absolute atomic E-state index is 12.0. The molecule has 4 heteroatoms. The first-order valence-electron chi connectivity index (χ1n) is 6.65. The molecule has 0 aromatic heterocycles. The third kappa shape index (κ3) is 3.47. The molecule has 1 fully saturated rings. The average Bonchev–Trinajstić information content (AvgIpc) is 3.19. The summed E-state index contributed by atoms with van der Waals surface area (Å²) in [6.45, 7) is 3.45. The van der Waals surface area contributed by atoms with E-state index in [4.69, 9.17) is 10.5 Å². The van der Waals surface area contributed by atoms with E-state index in [1.807, 2.05) is 24.3 Å². The number of benzene rings is 1. The first-order valence-corrected chi connectivity index (χ1v) is 6.65. The molecule has 0 bridgehead atoms. The van der Waals surface area contributed by atoms with Gasteiger partial charge in [-0.05, 0) is 50.3 Å². The Morgan fingerprint density at radius 1 is 1.37 bits per heavy atom. The number of methoxy groups -OCH3 is 1. The van der Waals surface area contributed by atoms with Crippen molar-refractivity contribution in [3.05, 3.63) is 29.8 Å². The van der Waals surface area contributed by atoms with Crippen LogP contribution in [0.15, 0.2) is 24.3 Å². The summed E-state index contributed by atoms with van der Waals surface area (Å²) in [6.07, 6.45) is 2.31. The second kappa shape index (κ2) is 5.21. The maximum Gasteiger partial charge on any atom is 0.239 e. The Morgan fingerprint density at radius 2 is 1.95 bits per heavy atom. The van der Waals surface area contributed by atoms with Crippen molar-refractivity contribution in [2.75, 3.05) is 7.11 Å². The Labute approximate surface area is 114 Å². The third-order valence-electron chi connectivity index (χ3n) is 3.44. The molecule has 0 spiro atoms. The lowest BCUT2D eigenvalue weighted by Crippen LogP contribution is -2.50. The molecule has 0 heterocycles. The minimum atomic E-state index is -0.848. The van der Waals surface area contributed by atoms with E-state index in [9.17, 15) is 4.79 Å². The van der Waals surface area contributed by atoms with Crippen molar-refractivity contribution in [1.29, 1.82) is 0 Å². The normalized spacial score (nSPS) is 16.8. The van der Waals surface area contributed by atoms with Gasteiger partial charge in [0.1, 0.15) is 5.75 Å². The second-order valence-electron chi connectivity index (χ2n) is 5.78. The molecule has 0 radical (unpaired) electrons. The first-order chi connectivity index (χ1) is 8.91. The van der Waals surface area contributed by atoms with Crippen LogP contribution in [0.1, 0.15) is 38.3 Å². The molecule has 1 saturated carbocycles. The number of carbonyl (C=O) groups excluding carboxylic acids is 1. The van der Waals surface area contributed by atoms with Crippen LogP contribution in [0.25, 0.3) is 0 Å². The lowest BCUT2D eigenvalue weighted by molar-refractivity contribution is -0.126. The van der Waals surface area contributed by atoms with Gasteiger partial charge in [0, 0.05) is 0 Å². The number of ether oxygens (including phenoxy) is 1. The average molecular weight is 262 g/mol. The number of amides is 1. The molecule has 1 amide bonds. The van der Waals surface area contributed by atoms with Crippen molar-refractivity contribution in [2.45, 2.75) is 38.3 Å². The molecule has 19 heavy (non-hydrogen) atoms. The summed E-state index contributed by atoms with van der Waals surface area (Å²) in [5.41, 5.74) is 6.10. The van der Waals surface area contributed by atoms with Gasteiger partial charge in [-0.15, -0.1) is 0 Å².